The molecule has 0 amide bonds. The first-order valence-corrected chi connectivity index (χ1v) is 18.2. The van der Waals surface area contributed by atoms with E-state index in [0.29, 0.717) is 23.9 Å². The molecule has 0 unspecified atom stereocenters. The maximum atomic E-state index is 12.6. The summed E-state index contributed by atoms with van der Waals surface area (Å²) >= 11 is 3.32. The smallest absolute Gasteiger partial charge is 0.330 e. The van der Waals surface area contributed by atoms with E-state index in [1.807, 2.05) is 0 Å². The SMILES string of the molecule is CC(C)(C)[Si](C)(C)OC[C@H]1O[C@@H](n2cc(CBr)c(=O)[nH]c2=O)C[C@@H]1O[Si](C)(C)C(C)(C)C. The predicted octanol–water partition coefficient (Wildman–Crippen LogP) is 5.13. The number of hydrogen-bond acceptors (Lipinski definition) is 5. The third-order valence-electron chi connectivity index (χ3n) is 7.34. The molecule has 1 aliphatic heterocycles. The Kier molecular flexibility index (Phi) is 8.33. The van der Waals surface area contributed by atoms with Crippen LogP contribution in [0.1, 0.15) is 59.8 Å². The second-order valence-corrected chi connectivity index (χ2v) is 21.9. The van der Waals surface area contributed by atoms with Gasteiger partial charge in [-0.05, 0) is 36.3 Å². The molecule has 2 rings (SSSR count). The monoisotopic (exact) mass is 548 g/mol. The third-order valence-corrected chi connectivity index (χ3v) is 17.0. The fourth-order valence-corrected chi connectivity index (χ4v) is 5.82. The normalized spacial score (nSPS) is 23.0. The van der Waals surface area contributed by atoms with Crippen molar-refractivity contribution in [2.24, 2.45) is 0 Å². The Balaban J connectivity index is 2.35. The summed E-state index contributed by atoms with van der Waals surface area (Å²) in [5, 5.41) is 0.493. The standard InChI is InChI=1S/C22H41BrN2O5Si2/c1-21(2,3)31(7,8)28-14-17-16(30-32(9,10)22(4,5)6)11-18(29-17)25-13-15(12-23)19(26)24-20(25)27/h13,16-18H,11-12,14H2,1-10H3,(H,24,26,27)/t16-,17+,18+/m0/s1. The van der Waals surface area contributed by atoms with Crippen LogP contribution < -0.4 is 11.2 Å². The molecule has 1 N–H and O–H groups in total. The minimum absolute atomic E-state index is 0.0495. The molecule has 0 radical (unpaired) electrons. The van der Waals surface area contributed by atoms with Crippen molar-refractivity contribution in [1.29, 1.82) is 0 Å². The van der Waals surface area contributed by atoms with Gasteiger partial charge in [-0.3, -0.25) is 14.3 Å². The number of nitrogens with one attached hydrogen (secondary N) is 1. The van der Waals surface area contributed by atoms with E-state index in [1.54, 1.807) is 6.20 Å². The Bertz CT molecular complexity index is 915. The van der Waals surface area contributed by atoms with Crippen molar-refractivity contribution in [1.82, 2.24) is 9.55 Å². The molecule has 3 atom stereocenters. The average molecular weight is 550 g/mol. The predicted molar refractivity (Wildman–Crippen MR) is 138 cm³/mol. The lowest BCUT2D eigenvalue weighted by molar-refractivity contribution is -0.0413. The molecule has 0 saturated carbocycles. The molecule has 1 fully saturated rings. The topological polar surface area (TPSA) is 82.5 Å². The van der Waals surface area contributed by atoms with E-state index < -0.39 is 28.6 Å². The van der Waals surface area contributed by atoms with Gasteiger partial charge < -0.3 is 13.6 Å². The van der Waals surface area contributed by atoms with E-state index in [2.05, 4.69) is 88.6 Å². The molecule has 32 heavy (non-hydrogen) atoms. The minimum atomic E-state index is -2.07. The van der Waals surface area contributed by atoms with Crippen LogP contribution in [0, 0.1) is 0 Å². The number of aromatic amines is 1. The van der Waals surface area contributed by atoms with Crippen molar-refractivity contribution >= 4 is 32.6 Å². The summed E-state index contributed by atoms with van der Waals surface area (Å²) in [6.45, 7) is 22.6. The largest absolute Gasteiger partial charge is 0.414 e. The van der Waals surface area contributed by atoms with Crippen LogP contribution in [0.2, 0.25) is 36.3 Å². The number of nitrogens with zero attached hydrogens (tertiary/aromatic N) is 1. The Morgan fingerprint density at radius 3 is 2.16 bits per heavy atom. The molecule has 0 spiro atoms. The van der Waals surface area contributed by atoms with E-state index in [0.717, 1.165) is 0 Å². The van der Waals surface area contributed by atoms with E-state index in [4.69, 9.17) is 13.6 Å². The highest BCUT2D eigenvalue weighted by Gasteiger charge is 2.46. The van der Waals surface area contributed by atoms with Gasteiger partial charge in [0.15, 0.2) is 16.6 Å². The summed E-state index contributed by atoms with van der Waals surface area (Å²) in [4.78, 5) is 27.0. The minimum Gasteiger partial charge on any atom is -0.414 e. The van der Waals surface area contributed by atoms with Gasteiger partial charge in [-0.15, -0.1) is 0 Å². The fourth-order valence-electron chi connectivity index (χ4n) is 3.04. The van der Waals surface area contributed by atoms with Crippen LogP contribution in [0.5, 0.6) is 0 Å². The van der Waals surface area contributed by atoms with Crippen LogP contribution in [-0.2, 0) is 18.9 Å². The molecule has 0 aliphatic carbocycles. The molecule has 1 saturated heterocycles. The number of hydrogen-bond donors (Lipinski definition) is 1. The number of halogens is 1. The van der Waals surface area contributed by atoms with Crippen LogP contribution in [-0.4, -0.2) is 45.0 Å². The summed E-state index contributed by atoms with van der Waals surface area (Å²) in [5.41, 5.74) is -0.370. The zero-order chi connectivity index (χ0) is 24.7. The van der Waals surface area contributed by atoms with Crippen LogP contribution >= 0.6 is 15.9 Å². The molecular formula is C22H41BrN2O5Si2. The molecule has 7 nitrogen and oxygen atoms in total. The van der Waals surface area contributed by atoms with E-state index >= 15 is 0 Å². The summed E-state index contributed by atoms with van der Waals surface area (Å²) < 4.78 is 21.1. The van der Waals surface area contributed by atoms with Crippen LogP contribution in [0.4, 0.5) is 0 Å². The average Bonchev–Trinajstić information content (AvgIpc) is 3.00. The fraction of sp³-hybridized carbons (Fsp3) is 0.818. The molecular weight excluding hydrogens is 508 g/mol. The Morgan fingerprint density at radius 2 is 1.66 bits per heavy atom. The quantitative estimate of drug-likeness (QED) is 0.377. The van der Waals surface area contributed by atoms with Crippen molar-refractivity contribution in [3.05, 3.63) is 32.6 Å². The maximum Gasteiger partial charge on any atom is 0.330 e. The second kappa shape index (κ2) is 9.61. The lowest BCUT2D eigenvalue weighted by Gasteiger charge is -2.40. The van der Waals surface area contributed by atoms with Gasteiger partial charge in [0.1, 0.15) is 12.3 Å². The van der Waals surface area contributed by atoms with Gasteiger partial charge in [-0.25, -0.2) is 4.79 Å². The Labute approximate surface area is 202 Å². The summed E-state index contributed by atoms with van der Waals surface area (Å²) in [6.07, 6.45) is 1.14. The molecule has 184 valence electrons. The first kappa shape index (κ1) is 27.7. The summed E-state index contributed by atoms with van der Waals surface area (Å²) in [6, 6.07) is 0. The van der Waals surface area contributed by atoms with Gasteiger partial charge in [0.25, 0.3) is 5.56 Å². The molecule has 1 aromatic rings. The van der Waals surface area contributed by atoms with E-state index in [9.17, 15) is 9.59 Å². The van der Waals surface area contributed by atoms with Crippen LogP contribution in [0.25, 0.3) is 0 Å². The molecule has 10 heteroatoms. The Hall–Kier alpha value is -0.526. The highest BCUT2D eigenvalue weighted by molar-refractivity contribution is 9.08. The highest BCUT2D eigenvalue weighted by Crippen LogP contribution is 2.42. The number of H-pyrrole nitrogens is 1. The lowest BCUT2D eigenvalue weighted by Crippen LogP contribution is -2.48. The number of aromatic nitrogens is 2. The molecule has 0 bridgehead atoms. The molecule has 1 aromatic heterocycles. The third kappa shape index (κ3) is 6.12. The molecule has 2 heterocycles. The Morgan fingerprint density at radius 1 is 1.09 bits per heavy atom. The second-order valence-electron chi connectivity index (χ2n) is 11.8. The van der Waals surface area contributed by atoms with Crippen molar-refractivity contribution in [2.45, 2.75) is 108 Å². The van der Waals surface area contributed by atoms with E-state index in [1.165, 1.54) is 4.57 Å². The van der Waals surface area contributed by atoms with Gasteiger partial charge in [-0.2, -0.15) is 0 Å². The number of ether oxygens (including phenoxy) is 1. The maximum absolute atomic E-state index is 12.6. The van der Waals surface area contributed by atoms with Gasteiger partial charge in [0, 0.05) is 23.5 Å². The lowest BCUT2D eigenvalue weighted by atomic mass is 10.2. The van der Waals surface area contributed by atoms with Gasteiger partial charge in [0.2, 0.25) is 0 Å². The summed E-state index contributed by atoms with van der Waals surface area (Å²) in [5.74, 6) is 0. The zero-order valence-electron chi connectivity index (χ0n) is 21.3. The first-order chi connectivity index (χ1) is 14.4. The highest BCUT2D eigenvalue weighted by atomic mass is 79.9. The number of alkyl halides is 1. The van der Waals surface area contributed by atoms with Crippen LogP contribution in [0.3, 0.4) is 0 Å². The van der Waals surface area contributed by atoms with Gasteiger partial charge >= 0.3 is 5.69 Å². The van der Waals surface area contributed by atoms with Gasteiger partial charge in [0.05, 0.1) is 12.7 Å². The van der Waals surface area contributed by atoms with Gasteiger partial charge in [-0.1, -0.05) is 57.5 Å². The van der Waals surface area contributed by atoms with Crippen molar-refractivity contribution in [2.75, 3.05) is 6.61 Å². The van der Waals surface area contributed by atoms with Crippen molar-refractivity contribution < 1.29 is 13.6 Å². The van der Waals surface area contributed by atoms with Crippen LogP contribution in [0.15, 0.2) is 15.8 Å². The van der Waals surface area contributed by atoms with Crippen molar-refractivity contribution in [3.63, 3.8) is 0 Å². The molecule has 1 aliphatic rings. The zero-order valence-corrected chi connectivity index (χ0v) is 24.9. The first-order valence-electron chi connectivity index (χ1n) is 11.3. The molecule has 0 aromatic carbocycles. The van der Waals surface area contributed by atoms with Crippen molar-refractivity contribution in [3.8, 4) is 0 Å². The number of rotatable bonds is 7. The van der Waals surface area contributed by atoms with E-state index in [-0.39, 0.29) is 27.8 Å². The summed E-state index contributed by atoms with van der Waals surface area (Å²) in [7, 11) is -4.05.